The third kappa shape index (κ3) is 28.4. The highest BCUT2D eigenvalue weighted by Crippen LogP contribution is 2.37. The molecule has 0 spiro atoms. The number of thiazole rings is 4. The highest BCUT2D eigenvalue weighted by molar-refractivity contribution is 7.16. The Balaban J connectivity index is 0.000000134. The summed E-state index contributed by atoms with van der Waals surface area (Å²) < 4.78 is 24.1. The summed E-state index contributed by atoms with van der Waals surface area (Å²) >= 11 is 17.4. The summed E-state index contributed by atoms with van der Waals surface area (Å²) in [6.07, 6.45) is 17.3. The maximum absolute atomic E-state index is 13.0. The van der Waals surface area contributed by atoms with Crippen molar-refractivity contribution < 1.29 is 48.0 Å². The van der Waals surface area contributed by atoms with Gasteiger partial charge in [0, 0.05) is 181 Å². The number of amides is 4. The van der Waals surface area contributed by atoms with Crippen molar-refractivity contribution in [2.45, 2.75) is 180 Å². The maximum atomic E-state index is 13.0. The average Bonchev–Trinajstić information content (AvgIpc) is 1.64. The summed E-state index contributed by atoms with van der Waals surface area (Å²) in [7, 11) is 0. The van der Waals surface area contributed by atoms with Gasteiger partial charge in [0.1, 0.15) is 28.2 Å². The molecule has 42 heteroatoms. The van der Waals surface area contributed by atoms with E-state index in [2.05, 4.69) is 109 Å². The van der Waals surface area contributed by atoms with Gasteiger partial charge >= 0.3 is 18.3 Å². The predicted molar refractivity (Wildman–Crippen MR) is 562 cm³/mol. The second-order valence-electron chi connectivity index (χ2n) is 37.7. The number of nitrogens with zero attached hydrogens (tertiary/aromatic N) is 17. The van der Waals surface area contributed by atoms with Crippen LogP contribution < -0.4 is 38.1 Å². The number of alkyl carbamates (subject to hydrolysis) is 3. The Morgan fingerprint density at radius 3 is 1.16 bits per heavy atom. The van der Waals surface area contributed by atoms with Gasteiger partial charge in [-0.05, 0) is 187 Å². The number of nitro benzene ring substituents is 2. The molecule has 16 aromatic rings. The van der Waals surface area contributed by atoms with Gasteiger partial charge in [-0.2, -0.15) is 0 Å². The van der Waals surface area contributed by atoms with Crippen molar-refractivity contribution in [1.82, 2.24) is 93.4 Å². The zero-order valence-corrected chi connectivity index (χ0v) is 85.4. The number of nitro groups is 2. The van der Waals surface area contributed by atoms with E-state index in [1.807, 2.05) is 174 Å². The van der Waals surface area contributed by atoms with Gasteiger partial charge in [-0.3, -0.25) is 72.1 Å². The number of hydrogen-bond acceptors (Lipinski definition) is 30. The number of fused-ring (bicyclic) bond motifs is 6. The van der Waals surface area contributed by atoms with Crippen molar-refractivity contribution in [3.8, 4) is 45.0 Å². The first-order chi connectivity index (χ1) is 68.6. The SMILES string of the molecule is CC(C)(C)OC(=O)NC1CCN(Cc2csc3nc(-c4ccccc4N)cn23)CC1.CC(C)(C)OC(=O)NC1CCN(Cc2csc3nc(-c4ccccc4[N+](=O)[O-])cn23)CC1.CC(C)(C)OC(=O)NC1CCNCC1.NC1CCN(Cc2csc3nc(-c4ccccc4NC(=O)c4cnc5ccccc5n4)cn23)CC1.O=C(Cl)c1cnc2ccccc2n1.O=[N+]([O-])c1ccccc1-c1cn2c(CCl)csc2n1. The number of aromatic nitrogens is 12. The lowest BCUT2D eigenvalue weighted by Gasteiger charge is -2.32. The van der Waals surface area contributed by atoms with Crippen LogP contribution in [0.2, 0.25) is 0 Å². The number of nitrogens with two attached hydrogens (primary N) is 2. The number of carbonyl (C=O) groups is 5. The van der Waals surface area contributed by atoms with Gasteiger partial charge in [0.05, 0.1) is 89.8 Å². The molecule has 0 atom stereocenters. The molecule has 0 radical (unpaired) electrons. The topological polar surface area (TPSA) is 442 Å². The molecular weight excluding hydrogens is 1940 g/mol. The van der Waals surface area contributed by atoms with E-state index in [9.17, 15) is 44.2 Å². The number of halogens is 2. The van der Waals surface area contributed by atoms with Crippen LogP contribution in [0.25, 0.3) is 86.9 Å². The molecule has 0 saturated carbocycles. The number of hydrogen-bond donors (Lipinski definition) is 7. The van der Waals surface area contributed by atoms with Crippen LogP contribution in [0.1, 0.15) is 157 Å². The molecule has 4 saturated heterocycles. The number of benzene rings is 6. The Hall–Kier alpha value is -13.4. The van der Waals surface area contributed by atoms with Crippen LogP contribution in [0.3, 0.4) is 0 Å². The number of carbonyl (C=O) groups excluding carboxylic acids is 5. The van der Waals surface area contributed by atoms with Gasteiger partial charge in [0.15, 0.2) is 19.8 Å². The molecule has 748 valence electrons. The van der Waals surface area contributed by atoms with Crippen molar-refractivity contribution in [2.24, 2.45) is 5.73 Å². The molecule has 20 rings (SSSR count). The Bertz CT molecular complexity index is 7150. The Morgan fingerprint density at radius 2 is 0.762 bits per heavy atom. The number of likely N-dealkylation sites (tertiary alicyclic amines) is 3. The van der Waals surface area contributed by atoms with E-state index in [0.29, 0.717) is 51.2 Å². The quantitative estimate of drug-likeness (QED) is 0.00987. The normalized spacial score (nSPS) is 14.9. The van der Waals surface area contributed by atoms with Crippen molar-refractivity contribution in [1.29, 1.82) is 0 Å². The third-order valence-electron chi connectivity index (χ3n) is 23.5. The zero-order valence-electron chi connectivity index (χ0n) is 80.6. The maximum Gasteiger partial charge on any atom is 0.407 e. The highest BCUT2D eigenvalue weighted by atomic mass is 35.5. The number of rotatable bonds is 19. The molecule has 4 aliphatic heterocycles. The molecule has 4 amide bonds. The van der Waals surface area contributed by atoms with Crippen LogP contribution >= 0.6 is 68.5 Å². The number of alkyl halides is 1. The molecule has 4 aliphatic rings. The smallest absolute Gasteiger partial charge is 0.407 e. The first kappa shape index (κ1) is 104. The highest BCUT2D eigenvalue weighted by Gasteiger charge is 2.31. The van der Waals surface area contributed by atoms with Gasteiger partial charge in [-0.25, -0.2) is 44.3 Å². The van der Waals surface area contributed by atoms with Gasteiger partial charge in [-0.1, -0.05) is 84.9 Å². The summed E-state index contributed by atoms with van der Waals surface area (Å²) in [5, 5.41) is 45.3. The van der Waals surface area contributed by atoms with E-state index in [4.69, 9.17) is 58.8 Å². The van der Waals surface area contributed by atoms with E-state index in [-0.39, 0.29) is 70.0 Å². The second kappa shape index (κ2) is 47.2. The minimum atomic E-state index is -0.585. The molecular formula is C101H114Cl2N24O12S4. The number of piperidine rings is 4. The van der Waals surface area contributed by atoms with Gasteiger partial charge in [0.2, 0.25) is 0 Å². The minimum absolute atomic E-state index is 0.0550. The minimum Gasteiger partial charge on any atom is -0.444 e. The van der Waals surface area contributed by atoms with E-state index in [0.717, 1.165) is 194 Å². The molecule has 9 N–H and O–H groups in total. The van der Waals surface area contributed by atoms with E-state index in [1.54, 1.807) is 71.3 Å². The van der Waals surface area contributed by atoms with E-state index in [1.165, 1.54) is 58.6 Å². The van der Waals surface area contributed by atoms with Crippen LogP contribution in [-0.4, -0.2) is 205 Å². The summed E-state index contributed by atoms with van der Waals surface area (Å²) in [6, 6.07) is 44.5. The molecule has 0 bridgehead atoms. The molecule has 14 heterocycles. The average molecular weight is 2060 g/mol. The Kier molecular flexibility index (Phi) is 34.3. The summed E-state index contributed by atoms with van der Waals surface area (Å²) in [4.78, 5) is 127. The lowest BCUT2D eigenvalue weighted by molar-refractivity contribution is -0.384. The second-order valence-corrected chi connectivity index (χ2v) is 41.7. The molecule has 6 aromatic carbocycles. The van der Waals surface area contributed by atoms with Crippen molar-refractivity contribution in [3.05, 3.63) is 259 Å². The van der Waals surface area contributed by atoms with Crippen molar-refractivity contribution in [2.75, 3.05) is 63.4 Å². The molecule has 0 unspecified atom stereocenters. The van der Waals surface area contributed by atoms with Crippen LogP contribution in [0.5, 0.6) is 0 Å². The van der Waals surface area contributed by atoms with Gasteiger partial charge in [-0.15, -0.1) is 56.9 Å². The summed E-state index contributed by atoms with van der Waals surface area (Å²) in [5.41, 5.74) is 25.9. The monoisotopic (exact) mass is 2050 g/mol. The standard InChI is InChI=1S/C26H25N7OS.C22H27N5O4S.C22H29N5O2S.C12H8ClN3O2S.C10H20N2O2.C9H5ClN2O/c27-17-9-11-32(12-10-17)14-18-16-35-26-31-24(15-33(18)26)19-5-1-2-6-20(19)30-25(34)23-13-28-21-7-3-4-8-22(21)29-23;1-22(2,3)31-21(28)23-15-8-10-25(11-9-15)12-16-14-32-20-24-18(13-26(16)20)17-6-4-5-7-19(17)27(29)30;1-22(2,3)29-21(28)24-15-8-10-26(11-9-15)12-16-14-30-20-25-19(13-27(16)20)17-6-4-5-7-18(17)23;13-5-8-7-19-12-14-10(6-15(8)12)9-3-1-2-4-11(9)16(17)18;1-10(2,3)14-9(13)12-8-4-6-11-7-5-8;10-9(13)8-5-11-6-3-1-2-4-7(6)12-8/h1-8,13,15-17H,9-12,14,27H2,(H,30,34);4-7,13-15H,8-12H2,1-3H3,(H,23,28);4-7,13-15H,8-12,23H2,1-3H3,(H,24,28);1-4,6-7H,5H2;8,11H,4-7H2,1-3H3,(H,12,13);1-5H. The van der Waals surface area contributed by atoms with Crippen LogP contribution in [-0.2, 0) is 39.7 Å². The van der Waals surface area contributed by atoms with E-state index >= 15 is 0 Å². The van der Waals surface area contributed by atoms with Gasteiger partial charge in [0.25, 0.3) is 22.5 Å². The van der Waals surface area contributed by atoms with Crippen molar-refractivity contribution >= 4 is 163 Å². The predicted octanol–water partition coefficient (Wildman–Crippen LogP) is 19.8. The number of nitrogen functional groups attached to an aromatic ring is 1. The van der Waals surface area contributed by atoms with Crippen LogP contribution in [0.15, 0.2) is 204 Å². The van der Waals surface area contributed by atoms with Gasteiger partial charge < -0.3 is 52.3 Å². The molecule has 36 nitrogen and oxygen atoms in total. The van der Waals surface area contributed by atoms with Crippen LogP contribution in [0, 0.1) is 20.2 Å². The van der Waals surface area contributed by atoms with Crippen molar-refractivity contribution in [3.63, 3.8) is 0 Å². The zero-order chi connectivity index (χ0) is 101. The Morgan fingerprint density at radius 1 is 0.434 bits per heavy atom. The Labute approximate surface area is 851 Å². The fraction of sp³-hybridized carbons (Fsp3) is 0.356. The lowest BCUT2D eigenvalue weighted by Crippen LogP contribution is -2.45. The van der Waals surface area contributed by atoms with E-state index < -0.39 is 27.0 Å². The first-order valence-corrected chi connectivity index (χ1v) is 51.4. The number of nitrogens with one attached hydrogen (secondary N) is 5. The summed E-state index contributed by atoms with van der Waals surface area (Å²) in [6.45, 7) is 26.9. The number of imidazole rings is 4. The molecule has 4 fully saturated rings. The number of anilines is 2. The largest absolute Gasteiger partial charge is 0.444 e. The number of ether oxygens (including phenoxy) is 3. The summed E-state index contributed by atoms with van der Waals surface area (Å²) in [5.74, 6) is 0.0767. The van der Waals surface area contributed by atoms with Crippen LogP contribution in [0.4, 0.5) is 37.1 Å². The third-order valence-corrected chi connectivity index (χ3v) is 27.5. The lowest BCUT2D eigenvalue weighted by atomic mass is 10.1. The fourth-order valence-electron chi connectivity index (χ4n) is 16.5. The fourth-order valence-corrected chi connectivity index (χ4v) is 20.3. The first-order valence-electron chi connectivity index (χ1n) is 46.9. The molecule has 0 aliphatic carbocycles. The molecule has 143 heavy (non-hydrogen) atoms. The number of para-hydroxylation sites is 8. The molecule has 10 aromatic heterocycles.